The summed E-state index contributed by atoms with van der Waals surface area (Å²) in [5.74, 6) is 0.747. The highest BCUT2D eigenvalue weighted by Crippen LogP contribution is 2.23. The number of carboxylic acid groups (broad SMARTS) is 1. The summed E-state index contributed by atoms with van der Waals surface area (Å²) in [6, 6.07) is 20.7. The van der Waals surface area contributed by atoms with Crippen LogP contribution in [0.5, 0.6) is 0 Å². The van der Waals surface area contributed by atoms with Gasteiger partial charge in [0.1, 0.15) is 6.61 Å². The second kappa shape index (κ2) is 25.6. The van der Waals surface area contributed by atoms with E-state index in [1.165, 1.54) is 7.11 Å². The van der Waals surface area contributed by atoms with Gasteiger partial charge < -0.3 is 35.4 Å². The first-order valence-electron chi connectivity index (χ1n) is 17.4. The molecule has 3 aromatic carbocycles. The van der Waals surface area contributed by atoms with Crippen LogP contribution in [0, 0.1) is 13.8 Å². The van der Waals surface area contributed by atoms with E-state index in [0.717, 1.165) is 52.3 Å². The number of carbonyl (C=O) groups excluding carboxylic acids is 2. The molecule has 3 rings (SSSR count). The molecule has 0 aliphatic carbocycles. The second-order valence-corrected chi connectivity index (χ2v) is 13.9. The molecule has 53 heavy (non-hydrogen) atoms. The van der Waals surface area contributed by atoms with Gasteiger partial charge in [-0.2, -0.15) is 0 Å². The molecule has 0 saturated heterocycles. The minimum absolute atomic E-state index is 0.0310. The molecule has 0 aromatic heterocycles. The van der Waals surface area contributed by atoms with Crippen LogP contribution in [0.3, 0.4) is 0 Å². The van der Waals surface area contributed by atoms with Crippen molar-refractivity contribution in [3.63, 3.8) is 0 Å². The number of hydrogen-bond donors (Lipinski definition) is 3. The Labute approximate surface area is 333 Å². The molecule has 0 aliphatic rings. The molecule has 1 amide bonds. The number of rotatable bonds is 21. The van der Waals surface area contributed by atoms with E-state index < -0.39 is 24.1 Å². The van der Waals surface area contributed by atoms with Crippen molar-refractivity contribution >= 4 is 75.8 Å². The number of carbonyl (C=O) groups is 3. The number of hydrogen-bond acceptors (Lipinski definition) is 8. The van der Waals surface area contributed by atoms with Crippen LogP contribution in [-0.4, -0.2) is 92.0 Å². The number of ether oxygens (including phenoxy) is 2. The molecule has 0 radical (unpaired) electrons. The van der Waals surface area contributed by atoms with Crippen molar-refractivity contribution in [2.24, 2.45) is 5.73 Å². The molecule has 0 bridgehead atoms. The van der Waals surface area contributed by atoms with E-state index in [-0.39, 0.29) is 25.5 Å². The number of nitrogens with two attached hydrogens (primary N) is 1. The number of benzene rings is 3. The highest BCUT2D eigenvalue weighted by molar-refractivity contribution is 6.19. The molecule has 0 spiro atoms. The second-order valence-electron chi connectivity index (χ2n) is 12.4. The molecule has 4 N–H and O–H groups in total. The number of nitrogens with one attached hydrogen (secondary N) is 1. The van der Waals surface area contributed by atoms with E-state index in [0.29, 0.717) is 49.5 Å². The van der Waals surface area contributed by atoms with Crippen LogP contribution in [0.25, 0.3) is 0 Å². The van der Waals surface area contributed by atoms with Gasteiger partial charge in [0.15, 0.2) is 0 Å². The monoisotopic (exact) mass is 812 g/mol. The van der Waals surface area contributed by atoms with E-state index >= 15 is 0 Å². The summed E-state index contributed by atoms with van der Waals surface area (Å²) in [4.78, 5) is 39.3. The number of nitrogens with zero attached hydrogens (tertiary/aromatic N) is 2. The van der Waals surface area contributed by atoms with Gasteiger partial charge in [-0.25, -0.2) is 4.79 Å². The fourth-order valence-corrected chi connectivity index (χ4v) is 6.35. The number of halogens is 4. The van der Waals surface area contributed by atoms with Crippen molar-refractivity contribution in [2.75, 3.05) is 66.6 Å². The predicted molar refractivity (Wildman–Crippen MR) is 217 cm³/mol. The normalized spacial score (nSPS) is 11.8. The summed E-state index contributed by atoms with van der Waals surface area (Å²) < 4.78 is 10.1. The average Bonchev–Trinajstić information content (AvgIpc) is 3.12. The number of esters is 1. The molecule has 292 valence electrons. The topological polar surface area (TPSA) is 134 Å². The molecule has 14 heteroatoms. The van der Waals surface area contributed by atoms with Crippen molar-refractivity contribution in [3.05, 3.63) is 94.5 Å². The number of carboxylic acids is 1. The lowest BCUT2D eigenvalue weighted by Crippen LogP contribution is -2.38. The lowest BCUT2D eigenvalue weighted by atomic mass is 9.98. The smallest absolute Gasteiger partial charge is 0.407 e. The fourth-order valence-electron chi connectivity index (χ4n) is 5.53. The third-order valence-corrected chi connectivity index (χ3v) is 9.05. The molecular weight excluding hydrogens is 762 g/mol. The van der Waals surface area contributed by atoms with Crippen LogP contribution >= 0.6 is 46.4 Å². The van der Waals surface area contributed by atoms with Crippen molar-refractivity contribution in [1.82, 2.24) is 5.32 Å². The summed E-state index contributed by atoms with van der Waals surface area (Å²) in [7, 11) is 1.33. The Morgan fingerprint density at radius 3 is 1.70 bits per heavy atom. The van der Waals surface area contributed by atoms with Gasteiger partial charge in [0, 0.05) is 73.2 Å². The molecule has 10 nitrogen and oxygen atoms in total. The number of alkyl halides is 4. The van der Waals surface area contributed by atoms with Gasteiger partial charge in [0.2, 0.25) is 0 Å². The number of aryl methyl sites for hydroxylation is 2. The molecule has 2 unspecified atom stereocenters. The van der Waals surface area contributed by atoms with Crippen molar-refractivity contribution < 1.29 is 29.0 Å². The van der Waals surface area contributed by atoms with Crippen LogP contribution < -0.4 is 20.9 Å². The Morgan fingerprint density at radius 1 is 0.755 bits per heavy atom. The third kappa shape index (κ3) is 17.5. The van der Waals surface area contributed by atoms with Crippen molar-refractivity contribution in [3.8, 4) is 0 Å². The van der Waals surface area contributed by atoms with E-state index in [9.17, 15) is 14.4 Å². The lowest BCUT2D eigenvalue weighted by molar-refractivity contribution is -0.141. The minimum atomic E-state index is -0.873. The van der Waals surface area contributed by atoms with Crippen LogP contribution in [0.2, 0.25) is 0 Å². The van der Waals surface area contributed by atoms with Gasteiger partial charge in [-0.15, -0.1) is 46.4 Å². The molecule has 0 fully saturated rings. The van der Waals surface area contributed by atoms with E-state index in [2.05, 4.69) is 27.2 Å². The maximum Gasteiger partial charge on any atom is 0.407 e. The Balaban J connectivity index is 0.000000401. The number of methoxy groups -OCH3 is 1. The molecule has 2 atom stereocenters. The Kier molecular flexibility index (Phi) is 22.1. The molecule has 0 saturated carbocycles. The Morgan fingerprint density at radius 2 is 1.25 bits per heavy atom. The van der Waals surface area contributed by atoms with Crippen molar-refractivity contribution in [2.45, 2.75) is 58.2 Å². The van der Waals surface area contributed by atoms with Crippen LogP contribution in [0.15, 0.2) is 66.7 Å². The summed E-state index contributed by atoms with van der Waals surface area (Å²) in [5, 5.41) is 11.6. The summed E-state index contributed by atoms with van der Waals surface area (Å²) >= 11 is 23.5. The fraction of sp³-hybridized carbons (Fsp3) is 0.462. The van der Waals surface area contributed by atoms with Gasteiger partial charge >= 0.3 is 18.0 Å². The molecule has 3 aromatic rings. The summed E-state index contributed by atoms with van der Waals surface area (Å²) in [6.45, 7) is 6.93. The van der Waals surface area contributed by atoms with Crippen LogP contribution in [0.4, 0.5) is 16.2 Å². The lowest BCUT2D eigenvalue weighted by Gasteiger charge is -2.25. The highest BCUT2D eigenvalue weighted by Gasteiger charge is 2.20. The Bertz CT molecular complexity index is 1540. The van der Waals surface area contributed by atoms with Crippen LogP contribution in [0.1, 0.15) is 40.7 Å². The van der Waals surface area contributed by atoms with Gasteiger partial charge in [-0.05, 0) is 78.8 Å². The van der Waals surface area contributed by atoms with Gasteiger partial charge in [-0.3, -0.25) is 9.59 Å². The zero-order valence-corrected chi connectivity index (χ0v) is 33.7. The number of aliphatic carboxylic acids is 1. The van der Waals surface area contributed by atoms with Gasteiger partial charge in [0.05, 0.1) is 20.0 Å². The Hall–Kier alpha value is -3.41. The minimum Gasteiger partial charge on any atom is -0.481 e. The third-order valence-electron chi connectivity index (χ3n) is 8.37. The zero-order valence-electron chi connectivity index (χ0n) is 30.7. The summed E-state index contributed by atoms with van der Waals surface area (Å²) in [5.41, 5.74) is 13.0. The summed E-state index contributed by atoms with van der Waals surface area (Å²) in [6.07, 6.45) is 0.416. The molecule has 0 heterocycles. The standard InChI is InChI=1S/C24H30Cl2N2O4.C15H22Cl2N2O2/c1-18-8-9-22(28(12-10-25)13-11-26)15-20(18)14-21(16-23(29)31-2)27-24(30)32-17-19-6-4-3-5-7-19;1-11-2-3-14(19(6-4-16)7-5-17)9-12(11)8-13(18)10-15(20)21/h3-9,15,21H,10-14,16-17H2,1-2H3,(H,27,30);2-3,9,13H,4-8,10,18H2,1H3,(H,20,21). The largest absolute Gasteiger partial charge is 0.481 e. The average molecular weight is 815 g/mol. The first-order chi connectivity index (χ1) is 25.4. The number of anilines is 2. The predicted octanol–water partition coefficient (Wildman–Crippen LogP) is 7.30. The SMILES string of the molecule is COC(=O)CC(Cc1cc(N(CCCl)CCCl)ccc1C)NC(=O)OCc1ccccc1.Cc1ccc(N(CCCl)CCCl)cc1CC(N)CC(=O)O. The number of amides is 1. The first kappa shape index (κ1) is 45.7. The first-order valence-corrected chi connectivity index (χ1v) is 19.5. The number of alkyl carbamates (subject to hydrolysis) is 1. The van der Waals surface area contributed by atoms with E-state index in [1.807, 2.05) is 68.4 Å². The quantitative estimate of drug-likeness (QED) is 0.0749. The van der Waals surface area contributed by atoms with Crippen LogP contribution in [-0.2, 0) is 38.5 Å². The van der Waals surface area contributed by atoms with E-state index in [1.54, 1.807) is 0 Å². The van der Waals surface area contributed by atoms with Gasteiger partial charge in [-0.1, -0.05) is 42.5 Å². The van der Waals surface area contributed by atoms with E-state index in [4.69, 9.17) is 66.7 Å². The zero-order chi connectivity index (χ0) is 39.2. The molecule has 0 aliphatic heterocycles. The van der Waals surface area contributed by atoms with Crippen molar-refractivity contribution in [1.29, 1.82) is 0 Å². The maximum atomic E-state index is 12.4. The highest BCUT2D eigenvalue weighted by atomic mass is 35.5. The maximum absolute atomic E-state index is 12.4. The van der Waals surface area contributed by atoms with Gasteiger partial charge in [0.25, 0.3) is 0 Å². The molecular formula is C39H52Cl4N4O6.